The zero-order valence-corrected chi connectivity index (χ0v) is 13.7. The van der Waals surface area contributed by atoms with Crippen molar-refractivity contribution in [1.82, 2.24) is 9.78 Å². The Bertz CT molecular complexity index is 567. The van der Waals surface area contributed by atoms with Crippen molar-refractivity contribution in [2.24, 2.45) is 5.92 Å². The molecule has 4 nitrogen and oxygen atoms in total. The van der Waals surface area contributed by atoms with Gasteiger partial charge in [-0.2, -0.15) is 5.10 Å². The molecule has 0 atom stereocenters. The highest BCUT2D eigenvalue weighted by atomic mass is 15.3. The van der Waals surface area contributed by atoms with E-state index in [1.54, 1.807) is 0 Å². The Kier molecular flexibility index (Phi) is 4.89. The van der Waals surface area contributed by atoms with Gasteiger partial charge < -0.3 is 10.2 Å². The summed E-state index contributed by atoms with van der Waals surface area (Å²) in [5, 5.41) is 8.02. The number of rotatable bonds is 6. The van der Waals surface area contributed by atoms with Gasteiger partial charge in [0.15, 0.2) is 0 Å². The molecule has 0 fully saturated rings. The van der Waals surface area contributed by atoms with Crippen LogP contribution >= 0.6 is 0 Å². The molecule has 2 rings (SSSR count). The first-order chi connectivity index (χ1) is 9.95. The van der Waals surface area contributed by atoms with Crippen molar-refractivity contribution in [3.8, 4) is 0 Å². The Hall–Kier alpha value is -1.97. The molecule has 1 heterocycles. The van der Waals surface area contributed by atoms with Gasteiger partial charge in [0.1, 0.15) is 0 Å². The number of anilines is 2. The predicted octanol–water partition coefficient (Wildman–Crippen LogP) is 3.53. The summed E-state index contributed by atoms with van der Waals surface area (Å²) in [6, 6.07) is 8.62. The highest BCUT2D eigenvalue weighted by Crippen LogP contribution is 2.17. The number of aryl methyl sites for hydroxylation is 1. The molecule has 0 radical (unpaired) electrons. The van der Waals surface area contributed by atoms with Crippen LogP contribution in [-0.2, 0) is 13.1 Å². The van der Waals surface area contributed by atoms with Crippen LogP contribution in [0.1, 0.15) is 25.1 Å². The maximum Gasteiger partial charge on any atom is 0.0825 e. The number of nitrogens with zero attached hydrogens (tertiary/aromatic N) is 3. The third kappa shape index (κ3) is 4.25. The van der Waals surface area contributed by atoms with Crippen LogP contribution in [0, 0.1) is 12.8 Å². The van der Waals surface area contributed by atoms with Crippen LogP contribution in [0.25, 0.3) is 0 Å². The maximum absolute atomic E-state index is 4.55. The van der Waals surface area contributed by atoms with Crippen molar-refractivity contribution >= 4 is 11.4 Å². The molecule has 0 saturated carbocycles. The van der Waals surface area contributed by atoms with Gasteiger partial charge in [0.05, 0.1) is 11.4 Å². The van der Waals surface area contributed by atoms with Crippen LogP contribution in [0.4, 0.5) is 11.4 Å². The molecule has 21 heavy (non-hydrogen) atoms. The lowest BCUT2D eigenvalue weighted by Gasteiger charge is -2.13. The van der Waals surface area contributed by atoms with Gasteiger partial charge in [-0.1, -0.05) is 26.0 Å². The second kappa shape index (κ2) is 6.66. The second-order valence-corrected chi connectivity index (χ2v) is 6.16. The van der Waals surface area contributed by atoms with Crippen molar-refractivity contribution < 1.29 is 0 Å². The zero-order valence-electron chi connectivity index (χ0n) is 13.7. The lowest BCUT2D eigenvalue weighted by atomic mass is 10.2. The number of hydrogen-bond donors (Lipinski definition) is 1. The molecule has 0 unspecified atom stereocenters. The molecule has 1 aromatic heterocycles. The van der Waals surface area contributed by atoms with Crippen molar-refractivity contribution in [2.45, 2.75) is 33.9 Å². The first-order valence-corrected chi connectivity index (χ1v) is 7.50. The van der Waals surface area contributed by atoms with Crippen LogP contribution < -0.4 is 10.2 Å². The molecule has 0 aliphatic carbocycles. The van der Waals surface area contributed by atoms with Crippen LogP contribution in [-0.4, -0.2) is 23.9 Å². The molecule has 0 bridgehead atoms. The molecule has 2 aromatic rings. The molecule has 0 aliphatic rings. The Morgan fingerprint density at radius 2 is 1.86 bits per heavy atom. The summed E-state index contributed by atoms with van der Waals surface area (Å²) in [6.07, 6.45) is 2.10. The van der Waals surface area contributed by atoms with Crippen LogP contribution in [0.2, 0.25) is 0 Å². The summed E-state index contributed by atoms with van der Waals surface area (Å²) in [5.41, 5.74) is 4.67. The minimum absolute atomic E-state index is 0.607. The minimum atomic E-state index is 0.607. The normalized spacial score (nSPS) is 11.0. The van der Waals surface area contributed by atoms with Crippen molar-refractivity contribution in [1.29, 1.82) is 0 Å². The lowest BCUT2D eigenvalue weighted by Crippen LogP contribution is -2.08. The fourth-order valence-corrected chi connectivity index (χ4v) is 2.27. The molecule has 0 amide bonds. The lowest BCUT2D eigenvalue weighted by molar-refractivity contribution is 0.481. The SMILES string of the molecule is Cc1nn(CC(C)C)cc1NCc1ccc(N(C)C)cc1. The summed E-state index contributed by atoms with van der Waals surface area (Å²) in [6.45, 7) is 8.24. The van der Waals surface area contributed by atoms with E-state index in [4.69, 9.17) is 0 Å². The average molecular weight is 286 g/mol. The van der Waals surface area contributed by atoms with Crippen molar-refractivity contribution in [3.05, 3.63) is 41.7 Å². The Labute approximate surface area is 127 Å². The fourth-order valence-electron chi connectivity index (χ4n) is 2.27. The molecule has 1 N–H and O–H groups in total. The first-order valence-electron chi connectivity index (χ1n) is 7.50. The van der Waals surface area contributed by atoms with E-state index in [9.17, 15) is 0 Å². The Morgan fingerprint density at radius 3 is 2.43 bits per heavy atom. The number of benzene rings is 1. The summed E-state index contributed by atoms with van der Waals surface area (Å²) in [7, 11) is 4.11. The van der Waals surface area contributed by atoms with E-state index in [-0.39, 0.29) is 0 Å². The van der Waals surface area contributed by atoms with Crippen LogP contribution in [0.3, 0.4) is 0 Å². The third-order valence-corrected chi connectivity index (χ3v) is 3.43. The minimum Gasteiger partial charge on any atom is -0.378 e. The summed E-state index contributed by atoms with van der Waals surface area (Å²) < 4.78 is 2.03. The summed E-state index contributed by atoms with van der Waals surface area (Å²) in [5.74, 6) is 0.607. The largest absolute Gasteiger partial charge is 0.378 e. The van der Waals surface area contributed by atoms with Crippen molar-refractivity contribution in [3.63, 3.8) is 0 Å². The number of aromatic nitrogens is 2. The van der Waals surface area contributed by atoms with Crippen molar-refractivity contribution in [2.75, 3.05) is 24.3 Å². The fraction of sp³-hybridized carbons (Fsp3) is 0.471. The van der Waals surface area contributed by atoms with Gasteiger partial charge in [-0.05, 0) is 30.5 Å². The van der Waals surface area contributed by atoms with Gasteiger partial charge in [-0.3, -0.25) is 4.68 Å². The number of hydrogen-bond acceptors (Lipinski definition) is 3. The van der Waals surface area contributed by atoms with Gasteiger partial charge in [-0.25, -0.2) is 0 Å². The van der Waals surface area contributed by atoms with Gasteiger partial charge >= 0.3 is 0 Å². The highest BCUT2D eigenvalue weighted by molar-refractivity contribution is 5.48. The molecule has 1 aromatic carbocycles. The first kappa shape index (κ1) is 15.4. The molecule has 0 aliphatic heterocycles. The van der Waals surface area contributed by atoms with Crippen LogP contribution in [0.5, 0.6) is 0 Å². The molecule has 4 heteroatoms. The highest BCUT2D eigenvalue weighted by Gasteiger charge is 2.06. The summed E-state index contributed by atoms with van der Waals surface area (Å²) >= 11 is 0. The average Bonchev–Trinajstić information content (AvgIpc) is 2.76. The Balaban J connectivity index is 1.97. The summed E-state index contributed by atoms with van der Waals surface area (Å²) in [4.78, 5) is 2.11. The molecule has 0 saturated heterocycles. The molecular formula is C17H26N4. The van der Waals surface area contributed by atoms with E-state index < -0.39 is 0 Å². The number of nitrogens with one attached hydrogen (secondary N) is 1. The monoisotopic (exact) mass is 286 g/mol. The van der Waals surface area contributed by atoms with E-state index in [0.29, 0.717) is 5.92 Å². The molecular weight excluding hydrogens is 260 g/mol. The second-order valence-electron chi connectivity index (χ2n) is 6.16. The standard InChI is InChI=1S/C17H26N4/c1-13(2)11-21-12-17(14(3)19-21)18-10-15-6-8-16(9-7-15)20(4)5/h6-9,12-13,18H,10-11H2,1-5H3. The van der Waals surface area contributed by atoms with E-state index >= 15 is 0 Å². The van der Waals surface area contributed by atoms with Crippen LogP contribution in [0.15, 0.2) is 30.5 Å². The van der Waals surface area contributed by atoms with Gasteiger partial charge in [0.25, 0.3) is 0 Å². The molecule has 0 spiro atoms. The van der Waals surface area contributed by atoms with Gasteiger partial charge in [-0.15, -0.1) is 0 Å². The smallest absolute Gasteiger partial charge is 0.0825 e. The van der Waals surface area contributed by atoms with E-state index in [0.717, 1.165) is 24.5 Å². The molecule has 114 valence electrons. The maximum atomic E-state index is 4.55. The zero-order chi connectivity index (χ0) is 15.4. The van der Waals surface area contributed by atoms with Gasteiger partial charge in [0.2, 0.25) is 0 Å². The quantitative estimate of drug-likeness (QED) is 0.882. The van der Waals surface area contributed by atoms with E-state index in [1.807, 2.05) is 11.6 Å². The predicted molar refractivity (Wildman–Crippen MR) is 89.9 cm³/mol. The van der Waals surface area contributed by atoms with Gasteiger partial charge in [0, 0.05) is 39.1 Å². The topological polar surface area (TPSA) is 33.1 Å². The van der Waals surface area contributed by atoms with E-state index in [2.05, 4.69) is 73.7 Å². The van der Waals surface area contributed by atoms with E-state index in [1.165, 1.54) is 11.3 Å². The Morgan fingerprint density at radius 1 is 1.19 bits per heavy atom. The third-order valence-electron chi connectivity index (χ3n) is 3.43.